The molecular formula is C17H16FNO2. The number of anilines is 1. The van der Waals surface area contributed by atoms with Crippen molar-refractivity contribution in [3.63, 3.8) is 0 Å². The van der Waals surface area contributed by atoms with E-state index in [2.05, 4.69) is 4.90 Å². The summed E-state index contributed by atoms with van der Waals surface area (Å²) >= 11 is 0. The Morgan fingerprint density at radius 1 is 0.952 bits per heavy atom. The van der Waals surface area contributed by atoms with E-state index in [0.29, 0.717) is 11.3 Å². The van der Waals surface area contributed by atoms with E-state index >= 15 is 0 Å². The van der Waals surface area contributed by atoms with Crippen molar-refractivity contribution in [1.82, 2.24) is 0 Å². The fourth-order valence-corrected chi connectivity index (χ4v) is 3.07. The summed E-state index contributed by atoms with van der Waals surface area (Å²) in [6.45, 7) is 2.21. The van der Waals surface area contributed by atoms with Crippen LogP contribution in [0.2, 0.25) is 0 Å². The second-order valence-corrected chi connectivity index (χ2v) is 5.40. The van der Waals surface area contributed by atoms with Gasteiger partial charge in [-0.15, -0.1) is 0 Å². The van der Waals surface area contributed by atoms with Crippen molar-refractivity contribution < 1.29 is 13.9 Å². The van der Waals surface area contributed by atoms with E-state index < -0.39 is 0 Å². The van der Waals surface area contributed by atoms with Crippen LogP contribution in [0.3, 0.4) is 0 Å². The molecule has 108 valence electrons. The first-order chi connectivity index (χ1) is 10.3. The minimum atomic E-state index is -0.196. The molecule has 0 aliphatic carbocycles. The van der Waals surface area contributed by atoms with E-state index in [0.717, 1.165) is 42.9 Å². The molecule has 0 spiro atoms. The van der Waals surface area contributed by atoms with Gasteiger partial charge in [-0.1, -0.05) is 12.1 Å². The minimum Gasteiger partial charge on any atom is -0.454 e. The average Bonchev–Trinajstić information content (AvgIpc) is 3.17. The number of nitrogens with zero attached hydrogens (tertiary/aromatic N) is 1. The topological polar surface area (TPSA) is 21.7 Å². The van der Waals surface area contributed by atoms with Gasteiger partial charge in [0.15, 0.2) is 11.5 Å². The Hall–Kier alpha value is -2.23. The molecular weight excluding hydrogens is 269 g/mol. The maximum Gasteiger partial charge on any atom is 0.231 e. The van der Waals surface area contributed by atoms with Crippen LogP contribution in [0.5, 0.6) is 11.5 Å². The van der Waals surface area contributed by atoms with Gasteiger partial charge in [0.1, 0.15) is 5.82 Å². The van der Waals surface area contributed by atoms with Gasteiger partial charge in [0, 0.05) is 24.3 Å². The number of hydrogen-bond donors (Lipinski definition) is 0. The summed E-state index contributed by atoms with van der Waals surface area (Å²) in [7, 11) is 0. The highest BCUT2D eigenvalue weighted by molar-refractivity contribution is 5.80. The van der Waals surface area contributed by atoms with Crippen LogP contribution in [0, 0.1) is 5.82 Å². The van der Waals surface area contributed by atoms with Crippen molar-refractivity contribution in [3.05, 3.63) is 42.2 Å². The number of halogens is 1. The molecule has 2 aliphatic rings. The zero-order valence-corrected chi connectivity index (χ0v) is 11.6. The molecule has 0 amide bonds. The van der Waals surface area contributed by atoms with E-state index in [1.165, 1.54) is 6.07 Å². The molecule has 1 saturated heterocycles. The van der Waals surface area contributed by atoms with Crippen molar-refractivity contribution in [2.75, 3.05) is 24.8 Å². The molecule has 2 aromatic carbocycles. The molecule has 2 heterocycles. The molecule has 0 bridgehead atoms. The molecule has 0 saturated carbocycles. The lowest BCUT2D eigenvalue weighted by Crippen LogP contribution is -2.18. The van der Waals surface area contributed by atoms with E-state index in [9.17, 15) is 4.39 Å². The lowest BCUT2D eigenvalue weighted by molar-refractivity contribution is 0.174. The molecule has 21 heavy (non-hydrogen) atoms. The van der Waals surface area contributed by atoms with Crippen molar-refractivity contribution in [2.45, 2.75) is 12.8 Å². The van der Waals surface area contributed by atoms with E-state index in [-0.39, 0.29) is 12.6 Å². The SMILES string of the molecule is Fc1cccc(N2CCCC2)c1-c1ccc2c(c1)OCO2. The summed E-state index contributed by atoms with van der Waals surface area (Å²) in [6.07, 6.45) is 2.33. The second kappa shape index (κ2) is 4.95. The molecule has 4 heteroatoms. The highest BCUT2D eigenvalue weighted by atomic mass is 19.1. The van der Waals surface area contributed by atoms with Gasteiger partial charge < -0.3 is 14.4 Å². The molecule has 4 rings (SSSR count). The number of benzene rings is 2. The Labute approximate surface area is 122 Å². The fraction of sp³-hybridized carbons (Fsp3) is 0.294. The molecule has 0 unspecified atom stereocenters. The van der Waals surface area contributed by atoms with E-state index in [4.69, 9.17) is 9.47 Å². The molecule has 0 atom stereocenters. The van der Waals surface area contributed by atoms with Gasteiger partial charge in [0.25, 0.3) is 0 Å². The molecule has 2 aromatic rings. The van der Waals surface area contributed by atoms with Crippen LogP contribution in [0.25, 0.3) is 11.1 Å². The Bertz CT molecular complexity index is 680. The Kier molecular flexibility index (Phi) is 2.95. The van der Waals surface area contributed by atoms with Crippen molar-refractivity contribution in [1.29, 1.82) is 0 Å². The zero-order valence-electron chi connectivity index (χ0n) is 11.6. The molecule has 1 fully saturated rings. The van der Waals surface area contributed by atoms with Crippen LogP contribution in [0.1, 0.15) is 12.8 Å². The third-order valence-corrected chi connectivity index (χ3v) is 4.10. The van der Waals surface area contributed by atoms with E-state index in [1.807, 2.05) is 24.3 Å². The summed E-state index contributed by atoms with van der Waals surface area (Å²) in [5.41, 5.74) is 2.45. The smallest absolute Gasteiger partial charge is 0.231 e. The number of rotatable bonds is 2. The quantitative estimate of drug-likeness (QED) is 0.837. The molecule has 2 aliphatic heterocycles. The van der Waals surface area contributed by atoms with Crippen LogP contribution in [0.4, 0.5) is 10.1 Å². The normalized spacial score (nSPS) is 16.5. The first kappa shape index (κ1) is 12.5. The largest absolute Gasteiger partial charge is 0.454 e. The minimum absolute atomic E-state index is 0.196. The van der Waals surface area contributed by atoms with Crippen molar-refractivity contribution in [2.24, 2.45) is 0 Å². The molecule has 0 aromatic heterocycles. The standard InChI is InChI=1S/C17H16FNO2/c18-13-4-3-5-14(19-8-1-2-9-19)17(13)12-6-7-15-16(10-12)21-11-20-15/h3-7,10H,1-2,8-9,11H2. The summed E-state index contributed by atoms with van der Waals surface area (Å²) < 4.78 is 25.2. The van der Waals surface area contributed by atoms with Crippen LogP contribution in [-0.2, 0) is 0 Å². The third-order valence-electron chi connectivity index (χ3n) is 4.10. The monoisotopic (exact) mass is 285 g/mol. The van der Waals surface area contributed by atoms with Crippen molar-refractivity contribution >= 4 is 5.69 Å². The van der Waals surface area contributed by atoms with Gasteiger partial charge in [0.05, 0.1) is 0 Å². The zero-order chi connectivity index (χ0) is 14.2. The lowest BCUT2D eigenvalue weighted by atomic mass is 10.0. The van der Waals surface area contributed by atoms with Crippen LogP contribution in [-0.4, -0.2) is 19.9 Å². The predicted octanol–water partition coefficient (Wildman–Crippen LogP) is 3.82. The van der Waals surface area contributed by atoms with Crippen LogP contribution >= 0.6 is 0 Å². The molecule has 3 nitrogen and oxygen atoms in total. The molecule has 0 N–H and O–H groups in total. The third kappa shape index (κ3) is 2.11. The van der Waals surface area contributed by atoms with Crippen LogP contribution < -0.4 is 14.4 Å². The second-order valence-electron chi connectivity index (χ2n) is 5.40. The maximum atomic E-state index is 14.4. The highest BCUT2D eigenvalue weighted by Crippen LogP contribution is 2.40. The average molecular weight is 285 g/mol. The number of ether oxygens (including phenoxy) is 2. The van der Waals surface area contributed by atoms with Gasteiger partial charge in [-0.25, -0.2) is 4.39 Å². The predicted molar refractivity (Wildman–Crippen MR) is 79.4 cm³/mol. The summed E-state index contributed by atoms with van der Waals surface area (Å²) in [4.78, 5) is 2.25. The first-order valence-corrected chi connectivity index (χ1v) is 7.26. The van der Waals surface area contributed by atoms with Gasteiger partial charge in [0.2, 0.25) is 6.79 Å². The lowest BCUT2D eigenvalue weighted by Gasteiger charge is -2.22. The molecule has 0 radical (unpaired) electrons. The van der Waals surface area contributed by atoms with Gasteiger partial charge in [-0.2, -0.15) is 0 Å². The van der Waals surface area contributed by atoms with Crippen molar-refractivity contribution in [3.8, 4) is 22.6 Å². The number of fused-ring (bicyclic) bond motifs is 1. The fourth-order valence-electron chi connectivity index (χ4n) is 3.07. The van der Waals surface area contributed by atoms with Gasteiger partial charge >= 0.3 is 0 Å². The summed E-state index contributed by atoms with van der Waals surface area (Å²) in [6, 6.07) is 10.9. The summed E-state index contributed by atoms with van der Waals surface area (Å²) in [5.74, 6) is 1.21. The van der Waals surface area contributed by atoms with E-state index in [1.54, 1.807) is 6.07 Å². The Morgan fingerprint density at radius 2 is 1.76 bits per heavy atom. The first-order valence-electron chi connectivity index (χ1n) is 7.26. The number of hydrogen-bond acceptors (Lipinski definition) is 3. The summed E-state index contributed by atoms with van der Waals surface area (Å²) in [5, 5.41) is 0. The van der Waals surface area contributed by atoms with Gasteiger partial charge in [-0.05, 0) is 42.7 Å². The highest BCUT2D eigenvalue weighted by Gasteiger charge is 2.21. The Balaban J connectivity index is 1.83. The van der Waals surface area contributed by atoms with Crippen LogP contribution in [0.15, 0.2) is 36.4 Å². The van der Waals surface area contributed by atoms with Gasteiger partial charge in [-0.3, -0.25) is 0 Å². The Morgan fingerprint density at radius 3 is 2.62 bits per heavy atom. The maximum absolute atomic E-state index is 14.4.